The Morgan fingerprint density at radius 1 is 1.25 bits per heavy atom. The average Bonchev–Trinajstić information content (AvgIpc) is 2.68. The summed E-state index contributed by atoms with van der Waals surface area (Å²) in [4.78, 5) is 13.9. The summed E-state index contributed by atoms with van der Waals surface area (Å²) in [6.45, 7) is 6.30. The maximum atomic E-state index is 11.7. The highest BCUT2D eigenvalue weighted by atomic mass is 32.2. The minimum absolute atomic E-state index is 0.143. The Balaban J connectivity index is 2.24. The molecule has 4 heteroatoms. The summed E-state index contributed by atoms with van der Waals surface area (Å²) in [6, 6.07) is 0. The van der Waals surface area contributed by atoms with E-state index in [2.05, 4.69) is 18.7 Å². The van der Waals surface area contributed by atoms with E-state index in [0.717, 1.165) is 43.9 Å². The number of aliphatic carboxylic acids is 1. The van der Waals surface area contributed by atoms with Crippen LogP contribution < -0.4 is 0 Å². The largest absolute Gasteiger partial charge is 0.480 e. The van der Waals surface area contributed by atoms with Crippen LogP contribution in [0.4, 0.5) is 0 Å². The molecule has 0 saturated carbocycles. The smallest absolute Gasteiger partial charge is 0.325 e. The molecule has 1 unspecified atom stereocenters. The summed E-state index contributed by atoms with van der Waals surface area (Å²) in [5.41, 5.74) is -0.452. The van der Waals surface area contributed by atoms with Crippen LogP contribution in [0.1, 0.15) is 33.1 Å². The molecular formula is C12H21NO2S. The second kappa shape index (κ2) is 4.22. The summed E-state index contributed by atoms with van der Waals surface area (Å²) in [7, 11) is 0. The van der Waals surface area contributed by atoms with E-state index >= 15 is 0 Å². The Morgan fingerprint density at radius 3 is 2.38 bits per heavy atom. The number of hydrogen-bond acceptors (Lipinski definition) is 3. The van der Waals surface area contributed by atoms with Crippen molar-refractivity contribution < 1.29 is 9.90 Å². The topological polar surface area (TPSA) is 40.5 Å². The maximum absolute atomic E-state index is 11.7. The van der Waals surface area contributed by atoms with E-state index < -0.39 is 11.5 Å². The number of carbonyl (C=O) groups is 1. The van der Waals surface area contributed by atoms with Gasteiger partial charge in [0.1, 0.15) is 5.54 Å². The van der Waals surface area contributed by atoms with Crippen LogP contribution in [0.3, 0.4) is 0 Å². The lowest BCUT2D eigenvalue weighted by Crippen LogP contribution is -2.59. The molecule has 0 radical (unpaired) electrons. The van der Waals surface area contributed by atoms with Crippen LogP contribution in [-0.2, 0) is 4.79 Å². The molecule has 2 rings (SSSR count). The van der Waals surface area contributed by atoms with Gasteiger partial charge in [0.25, 0.3) is 0 Å². The molecule has 0 aliphatic carbocycles. The highest BCUT2D eigenvalue weighted by molar-refractivity contribution is 7.99. The molecule has 2 fully saturated rings. The molecule has 16 heavy (non-hydrogen) atoms. The predicted octanol–water partition coefficient (Wildman–Crippen LogP) is 2.07. The van der Waals surface area contributed by atoms with Gasteiger partial charge in [0.15, 0.2) is 0 Å². The van der Waals surface area contributed by atoms with Gasteiger partial charge >= 0.3 is 5.97 Å². The van der Waals surface area contributed by atoms with Gasteiger partial charge in [-0.3, -0.25) is 9.69 Å². The van der Waals surface area contributed by atoms with Crippen molar-refractivity contribution in [2.75, 3.05) is 24.6 Å². The zero-order valence-electron chi connectivity index (χ0n) is 10.2. The molecule has 0 aromatic rings. The first-order valence-electron chi connectivity index (χ1n) is 6.03. The summed E-state index contributed by atoms with van der Waals surface area (Å²) in [5.74, 6) is 1.22. The van der Waals surface area contributed by atoms with Crippen LogP contribution in [0.15, 0.2) is 0 Å². The number of carboxylic acid groups (broad SMARTS) is 1. The molecule has 0 aromatic heterocycles. The van der Waals surface area contributed by atoms with Crippen LogP contribution in [0.5, 0.6) is 0 Å². The van der Waals surface area contributed by atoms with Crippen LogP contribution in [0.25, 0.3) is 0 Å². The molecule has 2 heterocycles. The zero-order valence-corrected chi connectivity index (χ0v) is 11.0. The summed E-state index contributed by atoms with van der Waals surface area (Å²) in [6.07, 6.45) is 3.10. The van der Waals surface area contributed by atoms with Crippen molar-refractivity contribution in [1.82, 2.24) is 4.90 Å². The minimum atomic E-state index is -0.616. The standard InChI is InChI=1S/C12H21NO2S/c1-11(2)7-12(10(14)15,9-16-8-11)13-5-3-4-6-13/h3-9H2,1-2H3,(H,14,15). The third-order valence-electron chi connectivity index (χ3n) is 3.71. The van der Waals surface area contributed by atoms with Gasteiger partial charge in [-0.05, 0) is 43.5 Å². The Hall–Kier alpha value is -0.220. The summed E-state index contributed by atoms with van der Waals surface area (Å²) in [5, 5.41) is 9.63. The Labute approximate surface area is 102 Å². The first-order chi connectivity index (χ1) is 7.46. The molecule has 0 amide bonds. The van der Waals surface area contributed by atoms with Gasteiger partial charge in [0, 0.05) is 5.75 Å². The molecular weight excluding hydrogens is 222 g/mol. The third kappa shape index (κ3) is 2.09. The van der Waals surface area contributed by atoms with Crippen LogP contribution in [-0.4, -0.2) is 46.1 Å². The average molecular weight is 243 g/mol. The van der Waals surface area contributed by atoms with Gasteiger partial charge < -0.3 is 5.11 Å². The number of likely N-dealkylation sites (tertiary alicyclic amines) is 1. The molecule has 1 atom stereocenters. The van der Waals surface area contributed by atoms with Crippen molar-refractivity contribution in [3.05, 3.63) is 0 Å². The predicted molar refractivity (Wildman–Crippen MR) is 66.9 cm³/mol. The van der Waals surface area contributed by atoms with Crippen molar-refractivity contribution in [3.63, 3.8) is 0 Å². The Kier molecular flexibility index (Phi) is 3.23. The van der Waals surface area contributed by atoms with E-state index in [1.807, 2.05) is 0 Å². The Morgan fingerprint density at radius 2 is 1.88 bits per heavy atom. The fraction of sp³-hybridized carbons (Fsp3) is 0.917. The van der Waals surface area contributed by atoms with Crippen LogP contribution in [0, 0.1) is 5.41 Å². The SMILES string of the molecule is CC1(C)CSCC(C(=O)O)(N2CCCC2)C1. The summed E-state index contributed by atoms with van der Waals surface area (Å²) < 4.78 is 0. The fourth-order valence-electron chi connectivity index (χ4n) is 3.01. The first-order valence-corrected chi connectivity index (χ1v) is 7.18. The van der Waals surface area contributed by atoms with E-state index in [1.54, 1.807) is 11.8 Å². The van der Waals surface area contributed by atoms with Gasteiger partial charge in [0.2, 0.25) is 0 Å². The van der Waals surface area contributed by atoms with Gasteiger partial charge in [-0.1, -0.05) is 13.8 Å². The lowest BCUT2D eigenvalue weighted by Gasteiger charge is -2.46. The van der Waals surface area contributed by atoms with Gasteiger partial charge in [-0.2, -0.15) is 11.8 Å². The quantitative estimate of drug-likeness (QED) is 0.806. The zero-order chi connectivity index (χ0) is 11.8. The molecule has 2 aliphatic rings. The van der Waals surface area contributed by atoms with Crippen molar-refractivity contribution in [1.29, 1.82) is 0 Å². The fourth-order valence-corrected chi connectivity index (χ4v) is 4.51. The number of nitrogens with zero attached hydrogens (tertiary/aromatic N) is 1. The molecule has 1 N–H and O–H groups in total. The monoisotopic (exact) mass is 243 g/mol. The molecule has 2 aliphatic heterocycles. The lowest BCUT2D eigenvalue weighted by molar-refractivity contribution is -0.151. The van der Waals surface area contributed by atoms with E-state index in [9.17, 15) is 9.90 Å². The minimum Gasteiger partial charge on any atom is -0.480 e. The van der Waals surface area contributed by atoms with Crippen molar-refractivity contribution in [2.45, 2.75) is 38.6 Å². The second-order valence-electron chi connectivity index (χ2n) is 5.86. The highest BCUT2D eigenvalue weighted by Crippen LogP contribution is 2.43. The lowest BCUT2D eigenvalue weighted by atomic mass is 9.79. The van der Waals surface area contributed by atoms with E-state index in [0.29, 0.717) is 0 Å². The van der Waals surface area contributed by atoms with Gasteiger partial charge in [-0.25, -0.2) is 0 Å². The molecule has 2 saturated heterocycles. The Bertz CT molecular complexity index is 287. The normalized spacial score (nSPS) is 35.1. The molecule has 92 valence electrons. The van der Waals surface area contributed by atoms with E-state index in [-0.39, 0.29) is 5.41 Å². The second-order valence-corrected chi connectivity index (χ2v) is 6.85. The first kappa shape index (κ1) is 12.2. The van der Waals surface area contributed by atoms with E-state index in [4.69, 9.17) is 0 Å². The maximum Gasteiger partial charge on any atom is 0.325 e. The summed E-state index contributed by atoms with van der Waals surface area (Å²) >= 11 is 1.80. The molecule has 0 spiro atoms. The third-order valence-corrected chi connectivity index (χ3v) is 5.38. The van der Waals surface area contributed by atoms with Crippen molar-refractivity contribution in [2.24, 2.45) is 5.41 Å². The molecule has 0 bridgehead atoms. The van der Waals surface area contributed by atoms with Crippen LogP contribution >= 0.6 is 11.8 Å². The van der Waals surface area contributed by atoms with E-state index in [1.165, 1.54) is 0 Å². The van der Waals surface area contributed by atoms with Crippen LogP contribution in [0.2, 0.25) is 0 Å². The highest BCUT2D eigenvalue weighted by Gasteiger charge is 2.50. The van der Waals surface area contributed by atoms with Gasteiger partial charge in [0.05, 0.1) is 0 Å². The molecule has 3 nitrogen and oxygen atoms in total. The number of thioether (sulfide) groups is 1. The number of rotatable bonds is 2. The van der Waals surface area contributed by atoms with Crippen molar-refractivity contribution >= 4 is 17.7 Å². The van der Waals surface area contributed by atoms with Crippen molar-refractivity contribution in [3.8, 4) is 0 Å². The molecule has 0 aromatic carbocycles. The van der Waals surface area contributed by atoms with Gasteiger partial charge in [-0.15, -0.1) is 0 Å². The number of carboxylic acids is 1. The number of hydrogen-bond donors (Lipinski definition) is 1.